The first kappa shape index (κ1) is 20.0. The molecule has 0 amide bonds. The Morgan fingerprint density at radius 3 is 2.38 bits per heavy atom. The molecule has 0 atom stereocenters. The number of hydrogen-bond acceptors (Lipinski definition) is 2. The van der Waals surface area contributed by atoms with E-state index in [-0.39, 0.29) is 7.43 Å². The smallest absolute Gasteiger partial charge is 0.200 e. The Morgan fingerprint density at radius 2 is 1.73 bits per heavy atom. The second kappa shape index (κ2) is 8.37. The Kier molecular flexibility index (Phi) is 6.43. The fourth-order valence-corrected chi connectivity index (χ4v) is 2.98. The van der Waals surface area contributed by atoms with Crippen LogP contribution in [0.5, 0.6) is 5.75 Å². The van der Waals surface area contributed by atoms with Crippen LogP contribution in [0.4, 0.5) is 5.69 Å². The maximum Gasteiger partial charge on any atom is 0.200 e. The number of unbranched alkanes of at least 4 members (excludes halogenated alkanes) is 1. The number of ether oxygens (including phenoxy) is 1. The molecule has 0 spiro atoms. The lowest BCUT2D eigenvalue weighted by Crippen LogP contribution is -2.37. The summed E-state index contributed by atoms with van der Waals surface area (Å²) in [5.74, 6) is 1.78. The van der Waals surface area contributed by atoms with Crippen LogP contribution in [0.3, 0.4) is 0 Å². The van der Waals surface area contributed by atoms with Crippen LogP contribution in [0.15, 0.2) is 54.7 Å². The minimum absolute atomic E-state index is 0. The van der Waals surface area contributed by atoms with Crippen LogP contribution in [0.1, 0.15) is 25.8 Å². The van der Waals surface area contributed by atoms with Crippen molar-refractivity contribution in [2.24, 2.45) is 0 Å². The Balaban J connectivity index is 0.00000243. The lowest BCUT2D eigenvalue weighted by Gasteiger charge is -2.23. The zero-order valence-corrected chi connectivity index (χ0v) is 15.8. The fraction of sp³-hybridized carbons (Fsp3) is 0.409. The first-order valence-electron chi connectivity index (χ1n) is 8.94. The number of rotatable bonds is 6. The average Bonchev–Trinajstić information content (AvgIpc) is 2.89. The molecule has 0 saturated carbocycles. The van der Waals surface area contributed by atoms with Crippen LogP contribution in [-0.4, -0.2) is 39.2 Å². The van der Waals surface area contributed by atoms with Gasteiger partial charge < -0.3 is 14.1 Å². The van der Waals surface area contributed by atoms with Gasteiger partial charge in [0.25, 0.3) is 0 Å². The van der Waals surface area contributed by atoms with Crippen molar-refractivity contribution in [2.75, 3.05) is 39.6 Å². The molecule has 0 fully saturated rings. The molecule has 3 rings (SSSR count). The van der Waals surface area contributed by atoms with Crippen molar-refractivity contribution in [3.05, 3.63) is 60.2 Å². The number of pyridine rings is 1. The molecule has 0 aliphatic carbocycles. The zero-order chi connectivity index (χ0) is 17.9. The number of fused-ring (bicyclic) bond motifs is 1. The summed E-state index contributed by atoms with van der Waals surface area (Å²) < 4.78 is 9.23. The Bertz CT molecular complexity index is 745. The number of aromatic nitrogens is 1. The lowest BCUT2D eigenvalue weighted by molar-refractivity contribution is -0.870. The molecule has 1 aromatic carbocycles. The van der Waals surface area contributed by atoms with E-state index in [0.717, 1.165) is 33.9 Å². The van der Waals surface area contributed by atoms with E-state index in [2.05, 4.69) is 67.3 Å². The van der Waals surface area contributed by atoms with Gasteiger partial charge in [0.15, 0.2) is 18.1 Å². The second-order valence-electron chi connectivity index (χ2n) is 7.70. The number of anilines is 1. The van der Waals surface area contributed by atoms with E-state index in [1.54, 1.807) is 0 Å². The van der Waals surface area contributed by atoms with Gasteiger partial charge in [-0.2, -0.15) is 0 Å². The molecule has 1 aromatic heterocycles. The molecule has 0 N–H and O–H groups in total. The van der Waals surface area contributed by atoms with E-state index in [1.807, 2.05) is 25.2 Å². The maximum absolute atomic E-state index is 5.94. The monoisotopic (exact) mass is 355 g/mol. The Hall–Kier alpha value is -2.33. The molecule has 2 aromatic rings. The highest BCUT2D eigenvalue weighted by molar-refractivity contribution is 5.70. The van der Waals surface area contributed by atoms with Gasteiger partial charge in [-0.25, -0.2) is 4.57 Å². The third-order valence-corrected chi connectivity index (χ3v) is 4.47. The first-order chi connectivity index (χ1) is 11.9. The molecule has 0 saturated heterocycles. The van der Waals surface area contributed by atoms with E-state index in [0.29, 0.717) is 0 Å². The van der Waals surface area contributed by atoms with Gasteiger partial charge in [-0.05, 0) is 17.7 Å². The van der Waals surface area contributed by atoms with Gasteiger partial charge in [0.1, 0.15) is 6.54 Å². The van der Waals surface area contributed by atoms with Crippen LogP contribution < -0.4 is 14.2 Å². The largest absolute Gasteiger partial charge is 0.439 e. The molecule has 26 heavy (non-hydrogen) atoms. The average molecular weight is 356 g/mol. The quantitative estimate of drug-likeness (QED) is 0.444. The van der Waals surface area contributed by atoms with E-state index in [1.165, 1.54) is 19.4 Å². The number of aryl methyl sites for hydroxylation is 1. The van der Waals surface area contributed by atoms with Crippen LogP contribution in [-0.2, 0) is 6.54 Å². The van der Waals surface area contributed by atoms with E-state index in [4.69, 9.17) is 4.74 Å². The summed E-state index contributed by atoms with van der Waals surface area (Å²) in [6.07, 6.45) is 8.85. The summed E-state index contributed by atoms with van der Waals surface area (Å²) >= 11 is 0. The predicted octanol–water partition coefficient (Wildman–Crippen LogP) is 3.92. The topological polar surface area (TPSA) is 16.4 Å². The highest BCUT2D eigenvalue weighted by Gasteiger charge is 2.22. The standard InChI is InChI=1S/C21H29N3O.CH4/c1-22-19-9-5-6-10-20(19)25-21(22)17-18-11-14-23(15-12-18)13-7-8-16-24(2,3)4;/h5-6,9-12,14-15,17H,7-8,13,16H2,1-4H3;1H4/q+2;. The number of para-hydroxylation sites is 2. The molecule has 4 nitrogen and oxygen atoms in total. The Labute approximate surface area is 158 Å². The van der Waals surface area contributed by atoms with Crippen molar-refractivity contribution in [1.82, 2.24) is 0 Å². The summed E-state index contributed by atoms with van der Waals surface area (Å²) in [5.41, 5.74) is 2.26. The maximum atomic E-state index is 5.94. The molecular weight excluding hydrogens is 322 g/mol. The van der Waals surface area contributed by atoms with Crippen molar-refractivity contribution < 1.29 is 13.8 Å². The third kappa shape index (κ3) is 5.09. The fourth-order valence-electron chi connectivity index (χ4n) is 2.98. The van der Waals surface area contributed by atoms with Crippen LogP contribution in [0.25, 0.3) is 6.08 Å². The van der Waals surface area contributed by atoms with Gasteiger partial charge in [-0.1, -0.05) is 19.6 Å². The number of benzene rings is 1. The minimum atomic E-state index is 0. The molecule has 140 valence electrons. The van der Waals surface area contributed by atoms with Crippen LogP contribution in [0, 0.1) is 0 Å². The summed E-state index contributed by atoms with van der Waals surface area (Å²) in [7, 11) is 8.77. The highest BCUT2D eigenvalue weighted by Crippen LogP contribution is 2.37. The lowest BCUT2D eigenvalue weighted by atomic mass is 10.2. The zero-order valence-electron chi connectivity index (χ0n) is 15.8. The van der Waals surface area contributed by atoms with Crippen LogP contribution in [0.2, 0.25) is 0 Å². The van der Waals surface area contributed by atoms with Gasteiger partial charge in [-0.3, -0.25) is 0 Å². The summed E-state index contributed by atoms with van der Waals surface area (Å²) in [5, 5.41) is 0. The van der Waals surface area contributed by atoms with E-state index in [9.17, 15) is 0 Å². The second-order valence-corrected chi connectivity index (χ2v) is 7.70. The van der Waals surface area contributed by atoms with Gasteiger partial charge in [0.05, 0.1) is 33.4 Å². The molecule has 0 bridgehead atoms. The molecule has 1 aliphatic rings. The number of hydrogen-bond donors (Lipinski definition) is 0. The summed E-state index contributed by atoms with van der Waals surface area (Å²) in [6, 6.07) is 12.4. The molecule has 1 aliphatic heterocycles. The van der Waals surface area contributed by atoms with Crippen molar-refractivity contribution in [3.8, 4) is 5.75 Å². The summed E-state index contributed by atoms with van der Waals surface area (Å²) in [6.45, 7) is 2.29. The van der Waals surface area contributed by atoms with Gasteiger partial charge in [-0.15, -0.1) is 0 Å². The van der Waals surface area contributed by atoms with E-state index < -0.39 is 0 Å². The number of nitrogens with zero attached hydrogens (tertiary/aromatic N) is 3. The van der Waals surface area contributed by atoms with Crippen molar-refractivity contribution in [3.63, 3.8) is 0 Å². The SMILES string of the molecule is C.CN1C(=Cc2cc[n+](CCCC[N+](C)(C)C)cc2)Oc2ccccc21. The molecule has 4 heteroatoms. The van der Waals surface area contributed by atoms with Gasteiger partial charge in [0, 0.05) is 38.1 Å². The van der Waals surface area contributed by atoms with Crippen molar-refractivity contribution in [2.45, 2.75) is 26.8 Å². The van der Waals surface area contributed by atoms with Gasteiger partial charge >= 0.3 is 0 Å². The highest BCUT2D eigenvalue weighted by atomic mass is 16.5. The molecule has 0 radical (unpaired) electrons. The first-order valence-corrected chi connectivity index (χ1v) is 8.94. The summed E-state index contributed by atoms with van der Waals surface area (Å²) in [4.78, 5) is 2.08. The normalized spacial score (nSPS) is 14.8. The van der Waals surface area contributed by atoms with E-state index >= 15 is 0 Å². The van der Waals surface area contributed by atoms with Crippen molar-refractivity contribution >= 4 is 11.8 Å². The van der Waals surface area contributed by atoms with Gasteiger partial charge in [0.2, 0.25) is 5.88 Å². The Morgan fingerprint density at radius 1 is 1.04 bits per heavy atom. The third-order valence-electron chi connectivity index (χ3n) is 4.47. The molecule has 2 heterocycles. The minimum Gasteiger partial charge on any atom is -0.439 e. The molecule has 0 unspecified atom stereocenters. The number of quaternary nitrogens is 1. The predicted molar refractivity (Wildman–Crippen MR) is 109 cm³/mol. The van der Waals surface area contributed by atoms with Crippen LogP contribution >= 0.6 is 0 Å². The van der Waals surface area contributed by atoms with Crippen molar-refractivity contribution in [1.29, 1.82) is 0 Å². The molecular formula is C22H33N3O+2.